The number of hydrogen-bond acceptors (Lipinski definition) is 6. The molecule has 1 N–H and O–H groups in total. The maximum Gasteiger partial charge on any atom is 0.289 e. The Bertz CT molecular complexity index is 753. The number of rotatable bonds is 3. The van der Waals surface area contributed by atoms with E-state index in [1.807, 2.05) is 24.0 Å². The Hall–Kier alpha value is -2.41. The Morgan fingerprint density at radius 2 is 2.04 bits per heavy atom. The Morgan fingerprint density at radius 3 is 2.73 bits per heavy atom. The number of ether oxygens (including phenoxy) is 1. The number of amides is 1. The van der Waals surface area contributed by atoms with Crippen LogP contribution in [0.25, 0.3) is 0 Å². The van der Waals surface area contributed by atoms with Crippen LogP contribution >= 0.6 is 0 Å². The van der Waals surface area contributed by atoms with Crippen molar-refractivity contribution in [3.05, 3.63) is 42.1 Å². The Morgan fingerprint density at radius 1 is 1.27 bits per heavy atom. The first kappa shape index (κ1) is 17.0. The number of furan rings is 1. The summed E-state index contributed by atoms with van der Waals surface area (Å²) < 4.78 is 11.6. The minimum absolute atomic E-state index is 0.0314. The molecule has 4 heterocycles. The van der Waals surface area contributed by atoms with Crippen molar-refractivity contribution in [2.75, 3.05) is 25.0 Å². The number of anilines is 1. The molecule has 0 saturated carbocycles. The highest BCUT2D eigenvalue weighted by molar-refractivity contribution is 5.91. The van der Waals surface area contributed by atoms with Gasteiger partial charge < -0.3 is 19.4 Å². The lowest BCUT2D eigenvalue weighted by Crippen LogP contribution is -2.52. The number of aromatic nitrogens is 2. The van der Waals surface area contributed by atoms with Crippen LogP contribution in [0.4, 0.5) is 5.95 Å². The van der Waals surface area contributed by atoms with Gasteiger partial charge in [0.05, 0.1) is 5.60 Å². The van der Waals surface area contributed by atoms with E-state index in [-0.39, 0.29) is 11.5 Å². The number of aryl methyl sites for hydroxylation is 1. The van der Waals surface area contributed by atoms with Gasteiger partial charge in [-0.25, -0.2) is 9.97 Å². The largest absolute Gasteiger partial charge is 0.456 e. The Labute approximate surface area is 152 Å². The summed E-state index contributed by atoms with van der Waals surface area (Å²) in [7, 11) is 0. The molecule has 2 saturated heterocycles. The second-order valence-corrected chi connectivity index (χ2v) is 7.14. The van der Waals surface area contributed by atoms with E-state index in [1.54, 1.807) is 18.5 Å². The van der Waals surface area contributed by atoms with Crippen LogP contribution < -0.4 is 5.32 Å². The van der Waals surface area contributed by atoms with Crippen molar-refractivity contribution in [3.63, 3.8) is 0 Å². The molecule has 26 heavy (non-hydrogen) atoms. The molecule has 2 aromatic rings. The van der Waals surface area contributed by atoms with Crippen molar-refractivity contribution >= 4 is 11.9 Å². The van der Waals surface area contributed by atoms with Crippen LogP contribution in [0.1, 0.15) is 42.0 Å². The normalized spacial score (nSPS) is 22.3. The van der Waals surface area contributed by atoms with Crippen molar-refractivity contribution in [2.24, 2.45) is 0 Å². The molecule has 1 spiro atoms. The monoisotopic (exact) mass is 356 g/mol. The lowest BCUT2D eigenvalue weighted by Gasteiger charge is -2.46. The smallest absolute Gasteiger partial charge is 0.289 e. The average molecular weight is 356 g/mol. The Balaban J connectivity index is 1.36. The number of piperidine rings is 1. The second kappa shape index (κ2) is 7.07. The summed E-state index contributed by atoms with van der Waals surface area (Å²) in [5.41, 5.74) is -0.166. The van der Waals surface area contributed by atoms with E-state index in [2.05, 4.69) is 15.3 Å². The van der Waals surface area contributed by atoms with Crippen LogP contribution in [0.3, 0.4) is 0 Å². The van der Waals surface area contributed by atoms with Gasteiger partial charge >= 0.3 is 0 Å². The highest BCUT2D eigenvalue weighted by Gasteiger charge is 2.41. The van der Waals surface area contributed by atoms with Gasteiger partial charge in [-0.2, -0.15) is 0 Å². The fourth-order valence-electron chi connectivity index (χ4n) is 3.88. The molecule has 0 bridgehead atoms. The molecule has 7 heteroatoms. The minimum atomic E-state index is -0.166. The third-order valence-corrected chi connectivity index (χ3v) is 5.30. The number of carbonyl (C=O) groups excluding carboxylic acids is 1. The van der Waals surface area contributed by atoms with Crippen molar-refractivity contribution in [1.82, 2.24) is 14.9 Å². The summed E-state index contributed by atoms with van der Waals surface area (Å²) in [4.78, 5) is 22.9. The summed E-state index contributed by atoms with van der Waals surface area (Å²) in [6, 6.07) is 5.68. The molecule has 0 aromatic carbocycles. The van der Waals surface area contributed by atoms with Crippen LogP contribution in [0, 0.1) is 6.92 Å². The van der Waals surface area contributed by atoms with E-state index in [0.717, 1.165) is 38.1 Å². The van der Waals surface area contributed by atoms with Crippen molar-refractivity contribution in [2.45, 2.75) is 44.2 Å². The molecule has 4 rings (SSSR count). The zero-order chi connectivity index (χ0) is 18.0. The van der Waals surface area contributed by atoms with Gasteiger partial charge in [0.15, 0.2) is 5.76 Å². The molecule has 1 atom stereocenters. The van der Waals surface area contributed by atoms with E-state index in [1.165, 1.54) is 0 Å². The first-order valence-corrected chi connectivity index (χ1v) is 9.17. The standard InChI is InChI=1S/C19H24N4O3/c1-14-3-4-16(26-14)17(24)23-10-6-19(7-11-23)13-15(5-12-25-19)22-18-20-8-2-9-21-18/h2-4,8-9,15H,5-7,10-13H2,1H3,(H,20,21,22). The molecule has 2 aliphatic heterocycles. The molecule has 0 radical (unpaired) electrons. The fraction of sp³-hybridized carbons (Fsp3) is 0.526. The molecule has 2 aromatic heterocycles. The molecule has 1 amide bonds. The quantitative estimate of drug-likeness (QED) is 0.911. The molecule has 0 aliphatic carbocycles. The Kier molecular flexibility index (Phi) is 4.63. The van der Waals surface area contributed by atoms with Crippen LogP contribution in [-0.2, 0) is 4.74 Å². The van der Waals surface area contributed by atoms with Gasteiger partial charge in [0.25, 0.3) is 5.91 Å². The second-order valence-electron chi connectivity index (χ2n) is 7.14. The number of hydrogen-bond donors (Lipinski definition) is 1. The number of likely N-dealkylation sites (tertiary alicyclic amines) is 1. The fourth-order valence-corrected chi connectivity index (χ4v) is 3.88. The molecular weight excluding hydrogens is 332 g/mol. The van der Waals surface area contributed by atoms with Gasteiger partial charge in [-0.1, -0.05) is 0 Å². The first-order valence-electron chi connectivity index (χ1n) is 9.17. The zero-order valence-electron chi connectivity index (χ0n) is 15.0. The third-order valence-electron chi connectivity index (χ3n) is 5.30. The SMILES string of the molecule is Cc1ccc(C(=O)N2CCC3(CC2)CC(Nc2ncccn2)CCO3)o1. The van der Waals surface area contributed by atoms with Crippen molar-refractivity contribution in [1.29, 1.82) is 0 Å². The van der Waals surface area contributed by atoms with E-state index in [9.17, 15) is 4.79 Å². The van der Waals surface area contributed by atoms with Gasteiger partial charge in [-0.15, -0.1) is 0 Å². The minimum Gasteiger partial charge on any atom is -0.456 e. The molecule has 7 nitrogen and oxygen atoms in total. The van der Waals surface area contributed by atoms with Crippen molar-refractivity contribution < 1.29 is 13.9 Å². The first-order chi connectivity index (χ1) is 12.6. The van der Waals surface area contributed by atoms with Crippen molar-refractivity contribution in [3.8, 4) is 0 Å². The molecule has 2 aliphatic rings. The van der Waals surface area contributed by atoms with Crippen LogP contribution in [0.5, 0.6) is 0 Å². The molecular formula is C19H24N4O3. The summed E-state index contributed by atoms with van der Waals surface area (Å²) in [6.45, 7) is 3.94. The predicted octanol–water partition coefficient (Wildman–Crippen LogP) is 2.64. The predicted molar refractivity (Wildman–Crippen MR) is 95.9 cm³/mol. The van der Waals surface area contributed by atoms with Gasteiger partial charge in [0.1, 0.15) is 5.76 Å². The lowest BCUT2D eigenvalue weighted by atomic mass is 9.82. The molecule has 2 fully saturated rings. The number of carbonyl (C=O) groups is 1. The van der Waals surface area contributed by atoms with Gasteiger partial charge in [-0.3, -0.25) is 4.79 Å². The summed E-state index contributed by atoms with van der Waals surface area (Å²) in [6.07, 6.45) is 7.01. The van der Waals surface area contributed by atoms with Crippen LogP contribution in [-0.4, -0.2) is 52.1 Å². The van der Waals surface area contributed by atoms with Gasteiger partial charge in [0, 0.05) is 38.1 Å². The number of nitrogens with zero attached hydrogens (tertiary/aromatic N) is 3. The maximum absolute atomic E-state index is 12.6. The van der Waals surface area contributed by atoms with Gasteiger partial charge in [-0.05, 0) is 50.8 Å². The average Bonchev–Trinajstić information content (AvgIpc) is 3.09. The lowest BCUT2D eigenvalue weighted by molar-refractivity contribution is -0.110. The van der Waals surface area contributed by atoms with E-state index in [0.29, 0.717) is 30.8 Å². The summed E-state index contributed by atoms with van der Waals surface area (Å²) in [5, 5.41) is 3.42. The maximum atomic E-state index is 12.6. The zero-order valence-corrected chi connectivity index (χ0v) is 15.0. The van der Waals surface area contributed by atoms with Crippen LogP contribution in [0.15, 0.2) is 35.0 Å². The summed E-state index contributed by atoms with van der Waals surface area (Å²) >= 11 is 0. The highest BCUT2D eigenvalue weighted by atomic mass is 16.5. The van der Waals surface area contributed by atoms with E-state index < -0.39 is 0 Å². The highest BCUT2D eigenvalue weighted by Crippen LogP contribution is 2.36. The van der Waals surface area contributed by atoms with E-state index in [4.69, 9.17) is 9.15 Å². The number of nitrogens with one attached hydrogen (secondary N) is 1. The molecule has 138 valence electrons. The molecule has 1 unspecified atom stereocenters. The van der Waals surface area contributed by atoms with Gasteiger partial charge in [0.2, 0.25) is 5.95 Å². The topological polar surface area (TPSA) is 80.5 Å². The van der Waals surface area contributed by atoms with Crippen LogP contribution in [0.2, 0.25) is 0 Å². The third kappa shape index (κ3) is 3.58. The van der Waals surface area contributed by atoms with E-state index >= 15 is 0 Å². The summed E-state index contributed by atoms with van der Waals surface area (Å²) in [5.74, 6) is 1.81.